The van der Waals surface area contributed by atoms with Crippen LogP contribution in [0.5, 0.6) is 0 Å². The van der Waals surface area contributed by atoms with E-state index in [1.807, 2.05) is 47.6 Å². The highest BCUT2D eigenvalue weighted by molar-refractivity contribution is 6.26. The summed E-state index contributed by atoms with van der Waals surface area (Å²) in [5.41, 5.74) is 4.75. The van der Waals surface area contributed by atoms with Gasteiger partial charge in [-0.25, -0.2) is 9.59 Å². The van der Waals surface area contributed by atoms with Gasteiger partial charge in [-0.2, -0.15) is 0 Å². The van der Waals surface area contributed by atoms with Crippen molar-refractivity contribution in [2.24, 2.45) is 52.6 Å². The number of ether oxygens (including phenoxy) is 11. The molecule has 5 saturated heterocycles. The quantitative estimate of drug-likeness (QED) is 0.0789. The summed E-state index contributed by atoms with van der Waals surface area (Å²) >= 11 is 0. The molecule has 0 aromatic rings. The molecule has 1 amide bonds. The molecule has 4 aliphatic carbocycles. The molecule has 1 spiro atoms. The molecule has 9 aliphatic rings. The number of methoxy groups -OCH3 is 2. The largest absolute Gasteiger partial charge is 0.511 e. The standard InChI is InChI=1S/C61H92N2O19/c1-27-14-17-42(78-47-25-59(10,62)54(35(9)77-47)63-58(71)73-13)28(2)19-37-20-36(26-64)31(5)24-61(37)56(69)48(57(70)82-61)55(68)60(11)39(27)16-15-38-49(60)29(3)18-30(4)51(38)80-46-23-43(50(67)32(6)74-46)79-44-22-41(66)53(34(8)76-44)81-45-21-40(65)52(72-12)33(7)75-45/h14-16,19-20,29-35,37-47,49-54,64-68H,17-18,21-26,62H2,1-13H3,(H,63,71)/t29-,30-,31+,32+,33+,34+,35+,37-,38-,39-,40-,41-,42?,43-,44-,45-,46-,47+,49+,50+,51-,52+,53+,54-,59-,60+,61?/m1/s1. The number of amides is 1. The Balaban J connectivity index is 1.00. The lowest BCUT2D eigenvalue weighted by atomic mass is 9.49. The van der Waals surface area contributed by atoms with Crippen LogP contribution < -0.4 is 11.1 Å². The van der Waals surface area contributed by atoms with E-state index in [0.717, 1.165) is 5.57 Å². The molecule has 1 saturated carbocycles. The van der Waals surface area contributed by atoms with Crippen LogP contribution in [0.4, 0.5) is 4.79 Å². The maximum Gasteiger partial charge on any atom is 0.407 e. The van der Waals surface area contributed by atoms with Crippen molar-refractivity contribution in [2.75, 3.05) is 20.8 Å². The summed E-state index contributed by atoms with van der Waals surface area (Å²) in [6, 6.07) is -0.595. The van der Waals surface area contributed by atoms with Crippen molar-refractivity contribution in [2.45, 2.75) is 237 Å². The maximum absolute atomic E-state index is 15.6. The summed E-state index contributed by atoms with van der Waals surface area (Å²) in [4.78, 5) is 42.6. The topological polar surface area (TPSA) is 292 Å². The van der Waals surface area contributed by atoms with E-state index in [2.05, 4.69) is 37.4 Å². The number of rotatable bonds is 11. The lowest BCUT2D eigenvalue weighted by Gasteiger charge is -2.56. The van der Waals surface area contributed by atoms with E-state index in [-0.39, 0.29) is 73.7 Å². The minimum Gasteiger partial charge on any atom is -0.511 e. The van der Waals surface area contributed by atoms with Gasteiger partial charge >= 0.3 is 12.1 Å². The second-order valence-corrected chi connectivity index (χ2v) is 25.8. The number of Topliss-reactive ketones (excluding diaryl/α,β-unsaturated/α-hetero) is 1. The number of fused-ring (bicyclic) bond motifs is 4. The number of carbonyl (C=O) groups excluding carboxylic acids is 3. The Bertz CT molecular complexity index is 2490. The Hall–Kier alpha value is -3.65. The van der Waals surface area contributed by atoms with Gasteiger partial charge in [0.1, 0.15) is 29.6 Å². The van der Waals surface area contributed by atoms with Crippen molar-refractivity contribution in [3.63, 3.8) is 0 Å². The third-order valence-electron chi connectivity index (χ3n) is 19.9. The number of hydrogen-bond acceptors (Lipinski definition) is 20. The van der Waals surface area contributed by atoms with E-state index in [4.69, 9.17) is 57.8 Å². The van der Waals surface area contributed by atoms with Gasteiger partial charge in [-0.15, -0.1) is 0 Å². The van der Waals surface area contributed by atoms with Crippen LogP contribution in [0.25, 0.3) is 0 Å². The summed E-state index contributed by atoms with van der Waals surface area (Å²) < 4.78 is 68.4. The van der Waals surface area contributed by atoms with Gasteiger partial charge in [-0.05, 0) is 96.1 Å². The second-order valence-electron chi connectivity index (χ2n) is 25.8. The van der Waals surface area contributed by atoms with Gasteiger partial charge in [0.2, 0.25) is 5.78 Å². The van der Waals surface area contributed by atoms with Crippen molar-refractivity contribution in [3.05, 3.63) is 58.4 Å². The van der Waals surface area contributed by atoms with Crippen LogP contribution in [0.2, 0.25) is 0 Å². The average molecular weight is 1160 g/mol. The van der Waals surface area contributed by atoms with Gasteiger partial charge in [0.15, 0.2) is 30.8 Å². The van der Waals surface area contributed by atoms with Crippen molar-refractivity contribution in [1.82, 2.24) is 5.32 Å². The molecular formula is C61H92N2O19. The van der Waals surface area contributed by atoms with Crippen LogP contribution in [-0.2, 0) is 61.7 Å². The van der Waals surface area contributed by atoms with E-state index in [0.29, 0.717) is 24.0 Å². The number of ketones is 1. The van der Waals surface area contributed by atoms with Gasteiger partial charge in [-0.1, -0.05) is 63.6 Å². The van der Waals surface area contributed by atoms with E-state index in [1.165, 1.54) is 14.2 Å². The number of hydrogen-bond donors (Lipinski definition) is 7. The molecule has 82 heavy (non-hydrogen) atoms. The molecule has 0 aromatic heterocycles. The van der Waals surface area contributed by atoms with Crippen molar-refractivity contribution >= 4 is 17.8 Å². The zero-order valence-corrected chi connectivity index (χ0v) is 49.9. The molecule has 8 N–H and O–H groups in total. The van der Waals surface area contributed by atoms with Gasteiger partial charge in [0.05, 0.1) is 74.7 Å². The number of alkyl carbamates (subject to hydrolysis) is 1. The fourth-order valence-corrected chi connectivity index (χ4v) is 15.7. The molecule has 21 nitrogen and oxygen atoms in total. The van der Waals surface area contributed by atoms with Crippen molar-refractivity contribution < 1.29 is 92.0 Å². The van der Waals surface area contributed by atoms with Gasteiger partial charge in [0.25, 0.3) is 0 Å². The number of nitrogens with two attached hydrogens (primary N) is 1. The minimum atomic E-state index is -1.75. The molecule has 27 atom stereocenters. The highest BCUT2D eigenvalue weighted by Gasteiger charge is 2.64. The lowest BCUT2D eigenvalue weighted by Crippen LogP contribution is -2.66. The first kappa shape index (κ1) is 62.9. The van der Waals surface area contributed by atoms with E-state index in [1.54, 1.807) is 26.8 Å². The molecule has 9 rings (SSSR count). The van der Waals surface area contributed by atoms with Crippen molar-refractivity contribution in [1.29, 1.82) is 0 Å². The normalized spacial score (nSPS) is 48.1. The van der Waals surface area contributed by atoms with E-state index >= 15 is 4.79 Å². The predicted molar refractivity (Wildman–Crippen MR) is 295 cm³/mol. The molecule has 6 fully saturated rings. The van der Waals surface area contributed by atoms with Crippen LogP contribution in [0.1, 0.15) is 121 Å². The summed E-state index contributed by atoms with van der Waals surface area (Å²) in [5, 5.41) is 60.3. The Morgan fingerprint density at radius 3 is 2.00 bits per heavy atom. The molecule has 460 valence electrons. The van der Waals surface area contributed by atoms with Crippen LogP contribution in [-0.4, -0.2) is 180 Å². The number of esters is 1. The van der Waals surface area contributed by atoms with Crippen LogP contribution >= 0.6 is 0 Å². The Labute approximate surface area is 482 Å². The van der Waals surface area contributed by atoms with Gasteiger partial charge in [0, 0.05) is 67.9 Å². The Morgan fingerprint density at radius 2 is 1.37 bits per heavy atom. The molecule has 0 aromatic carbocycles. The number of allylic oxidation sites excluding steroid dienone is 3. The lowest BCUT2D eigenvalue weighted by molar-refractivity contribution is -0.335. The van der Waals surface area contributed by atoms with Gasteiger partial charge < -0.3 is 88.7 Å². The second kappa shape index (κ2) is 24.6. The molecule has 5 heterocycles. The predicted octanol–water partition coefficient (Wildman–Crippen LogP) is 5.25. The number of carbonyl (C=O) groups is 3. The first-order valence-electron chi connectivity index (χ1n) is 29.7. The minimum absolute atomic E-state index is 0.0320. The highest BCUT2D eigenvalue weighted by Crippen LogP contribution is 2.61. The van der Waals surface area contributed by atoms with Crippen LogP contribution in [0.3, 0.4) is 0 Å². The average Bonchev–Trinajstić information content (AvgIpc) is 3.56. The smallest absolute Gasteiger partial charge is 0.407 e. The zero-order chi connectivity index (χ0) is 59.7. The third-order valence-corrected chi connectivity index (χ3v) is 19.9. The fourth-order valence-electron chi connectivity index (χ4n) is 15.7. The zero-order valence-electron chi connectivity index (χ0n) is 49.9. The summed E-state index contributed by atoms with van der Waals surface area (Å²) in [6.07, 6.45) is -1.16. The SMILES string of the molecule is COC(=O)N[C@@H]1[C@H](C)O[C@@H](OC2CC=C(C)[C@H]3C=C[C@H]4[C@H](O[C@@H]5C[C@@H](O[C@@H]6C[C@@H](O)[C@@H](O[C@@H]7C[C@@H](O)[C@@H](OC)[C@H](C)O7)[C@H](C)O6)[C@@H](O)[C@H](C)O5)[C@H](C)C[C@@H](C)[C@@H]4[C@@]3(C)C(O)=C3C(=O)OC4(C[C@H](C)C(CO)=C[C@H]4C=C2C)C3=O)C[C@@]1(C)N. The summed E-state index contributed by atoms with van der Waals surface area (Å²) in [7, 11) is 2.79. The molecule has 5 aliphatic heterocycles. The van der Waals surface area contributed by atoms with E-state index < -0.39 is 157 Å². The molecule has 21 heteroatoms. The monoisotopic (exact) mass is 1160 g/mol. The summed E-state index contributed by atoms with van der Waals surface area (Å²) in [5.74, 6) is -4.54. The van der Waals surface area contributed by atoms with E-state index in [9.17, 15) is 35.1 Å². The summed E-state index contributed by atoms with van der Waals surface area (Å²) in [6.45, 7) is 20.6. The number of aliphatic hydroxyl groups is 5. The number of nitrogens with one attached hydrogen (secondary N) is 1. The van der Waals surface area contributed by atoms with Crippen LogP contribution in [0, 0.1) is 46.8 Å². The fraction of sp³-hybridized carbons (Fsp3) is 0.787. The molecular weight excluding hydrogens is 1060 g/mol. The molecule has 2 unspecified atom stereocenters. The Morgan fingerprint density at radius 1 is 0.744 bits per heavy atom. The molecule has 0 radical (unpaired) electrons. The first-order chi connectivity index (χ1) is 38.6. The molecule has 2 bridgehead atoms. The number of aliphatic hydroxyl groups excluding tert-OH is 5. The maximum atomic E-state index is 15.6. The van der Waals surface area contributed by atoms with Crippen molar-refractivity contribution in [3.8, 4) is 0 Å². The first-order valence-corrected chi connectivity index (χ1v) is 29.7. The highest BCUT2D eigenvalue weighted by atomic mass is 16.7. The van der Waals surface area contributed by atoms with Crippen LogP contribution in [0.15, 0.2) is 58.4 Å². The third kappa shape index (κ3) is 11.8. The Kier molecular flexibility index (Phi) is 18.9. The van der Waals surface area contributed by atoms with Gasteiger partial charge in [-0.3, -0.25) is 4.79 Å².